The Hall–Kier alpha value is -2.16. The molecule has 2 aromatic carbocycles. The Kier molecular flexibility index (Phi) is 4.81. The Morgan fingerprint density at radius 3 is 2.21 bits per heavy atom. The van der Waals surface area contributed by atoms with Gasteiger partial charge in [0.15, 0.2) is 0 Å². The molecule has 0 bridgehead atoms. The Labute approximate surface area is 168 Å². The lowest BCUT2D eigenvalue weighted by Crippen LogP contribution is -2.13. The molecule has 4 rings (SSSR count). The first kappa shape index (κ1) is 19.2. The molecule has 0 saturated heterocycles. The lowest BCUT2D eigenvalue weighted by Gasteiger charge is -2.04. The van der Waals surface area contributed by atoms with Gasteiger partial charge in [0.2, 0.25) is 30.6 Å². The largest absolute Gasteiger partial charge is 0.423 e. The molecule has 28 heavy (non-hydrogen) atoms. The van der Waals surface area contributed by atoms with Crippen LogP contribution in [0.3, 0.4) is 0 Å². The second-order valence-electron chi connectivity index (χ2n) is 6.66. The maximum Gasteiger partial charge on any atom is 0.258 e. The maximum atomic E-state index is 13.1. The highest BCUT2D eigenvalue weighted by molar-refractivity contribution is 7.94. The molecule has 1 aromatic heterocycles. The molecule has 1 aliphatic rings. The van der Waals surface area contributed by atoms with Gasteiger partial charge in [0.05, 0.1) is 10.6 Å². The van der Waals surface area contributed by atoms with Crippen molar-refractivity contribution < 1.29 is 21.3 Å². The number of hydrogen-bond acceptors (Lipinski definition) is 6. The molecule has 0 spiro atoms. The van der Waals surface area contributed by atoms with Crippen molar-refractivity contribution in [3.05, 3.63) is 59.6 Å². The SMILES string of the molecule is O=S(=O)(CC1CC1)c1oc(-c2ccccc2)nc1S(=O)(=O)c1ccc(Cl)cc1. The van der Waals surface area contributed by atoms with Crippen LogP contribution in [0.5, 0.6) is 0 Å². The van der Waals surface area contributed by atoms with Gasteiger partial charge in [0, 0.05) is 10.6 Å². The molecular formula is C19H16ClNO5S2. The summed E-state index contributed by atoms with van der Waals surface area (Å²) in [5.74, 6) is -0.177. The lowest BCUT2D eigenvalue weighted by atomic mass is 10.2. The van der Waals surface area contributed by atoms with Crippen LogP contribution in [0, 0.1) is 5.92 Å². The third kappa shape index (κ3) is 3.72. The van der Waals surface area contributed by atoms with Crippen molar-refractivity contribution in [3.8, 4) is 11.5 Å². The monoisotopic (exact) mass is 437 g/mol. The number of hydrogen-bond donors (Lipinski definition) is 0. The van der Waals surface area contributed by atoms with Crippen LogP contribution in [-0.4, -0.2) is 27.6 Å². The second kappa shape index (κ2) is 7.02. The van der Waals surface area contributed by atoms with E-state index in [0.717, 1.165) is 12.8 Å². The number of rotatable bonds is 6. The minimum Gasteiger partial charge on any atom is -0.423 e. The molecule has 0 atom stereocenters. The summed E-state index contributed by atoms with van der Waals surface area (Å²) in [6.07, 6.45) is 1.61. The summed E-state index contributed by atoms with van der Waals surface area (Å²) in [5, 5.41) is -0.826. The van der Waals surface area contributed by atoms with E-state index in [1.54, 1.807) is 30.3 Å². The number of sulfone groups is 2. The fourth-order valence-corrected chi connectivity index (χ4v) is 6.40. The Bertz CT molecular complexity index is 1210. The predicted octanol–water partition coefficient (Wildman–Crippen LogP) is 4.01. The predicted molar refractivity (Wildman–Crippen MR) is 104 cm³/mol. The quantitative estimate of drug-likeness (QED) is 0.578. The molecule has 0 N–H and O–H groups in total. The summed E-state index contributed by atoms with van der Waals surface area (Å²) in [6.45, 7) is 0. The van der Waals surface area contributed by atoms with Gasteiger partial charge in [0.1, 0.15) is 0 Å². The second-order valence-corrected chi connectivity index (χ2v) is 10.9. The van der Waals surface area contributed by atoms with E-state index in [2.05, 4.69) is 4.98 Å². The van der Waals surface area contributed by atoms with E-state index in [4.69, 9.17) is 16.0 Å². The van der Waals surface area contributed by atoms with Crippen LogP contribution >= 0.6 is 11.6 Å². The fourth-order valence-electron chi connectivity index (χ4n) is 2.76. The van der Waals surface area contributed by atoms with Crippen LogP contribution in [0.2, 0.25) is 5.02 Å². The Morgan fingerprint density at radius 1 is 0.964 bits per heavy atom. The highest BCUT2D eigenvalue weighted by Crippen LogP contribution is 2.37. The molecule has 1 aliphatic carbocycles. The summed E-state index contributed by atoms with van der Waals surface area (Å²) in [6, 6.07) is 14.0. The van der Waals surface area contributed by atoms with Crippen molar-refractivity contribution in [1.29, 1.82) is 0 Å². The summed E-state index contributed by atoms with van der Waals surface area (Å²) >= 11 is 5.84. The van der Waals surface area contributed by atoms with Crippen LogP contribution in [0.1, 0.15) is 12.8 Å². The van der Waals surface area contributed by atoms with Crippen LogP contribution in [0.4, 0.5) is 0 Å². The van der Waals surface area contributed by atoms with E-state index in [1.807, 2.05) is 0 Å². The minimum absolute atomic E-state index is 0.0290. The number of benzene rings is 2. The van der Waals surface area contributed by atoms with Gasteiger partial charge >= 0.3 is 0 Å². The van der Waals surface area contributed by atoms with Crippen molar-refractivity contribution in [1.82, 2.24) is 4.98 Å². The first-order valence-corrected chi connectivity index (χ1v) is 12.1. The van der Waals surface area contributed by atoms with E-state index in [1.165, 1.54) is 24.3 Å². The van der Waals surface area contributed by atoms with Gasteiger partial charge in [0.25, 0.3) is 5.09 Å². The Balaban J connectivity index is 1.89. The molecule has 9 heteroatoms. The normalized spacial score (nSPS) is 14.9. The molecule has 1 saturated carbocycles. The Morgan fingerprint density at radius 2 is 1.61 bits per heavy atom. The molecule has 0 aliphatic heterocycles. The van der Waals surface area contributed by atoms with Crippen molar-refractivity contribution in [2.75, 3.05) is 5.75 Å². The average molecular weight is 438 g/mol. The smallest absolute Gasteiger partial charge is 0.258 e. The molecule has 3 aromatic rings. The molecule has 6 nitrogen and oxygen atoms in total. The zero-order chi connectivity index (χ0) is 19.9. The topological polar surface area (TPSA) is 94.3 Å². The van der Waals surface area contributed by atoms with Gasteiger partial charge in [-0.15, -0.1) is 0 Å². The van der Waals surface area contributed by atoms with Crippen molar-refractivity contribution in [3.63, 3.8) is 0 Å². The maximum absolute atomic E-state index is 13.1. The highest BCUT2D eigenvalue weighted by atomic mass is 35.5. The number of oxazole rings is 1. The molecular weight excluding hydrogens is 422 g/mol. The molecule has 0 radical (unpaired) electrons. The van der Waals surface area contributed by atoms with Crippen LogP contribution in [0.25, 0.3) is 11.5 Å². The number of aromatic nitrogens is 1. The summed E-state index contributed by atoms with van der Waals surface area (Å²) in [7, 11) is -8.16. The number of halogens is 1. The van der Waals surface area contributed by atoms with E-state index < -0.39 is 29.8 Å². The molecule has 1 fully saturated rings. The lowest BCUT2D eigenvalue weighted by molar-refractivity contribution is 0.444. The average Bonchev–Trinajstić information content (AvgIpc) is 3.34. The minimum atomic E-state index is -4.21. The van der Waals surface area contributed by atoms with Gasteiger partial charge in [-0.05, 0) is 55.2 Å². The molecule has 1 heterocycles. The van der Waals surface area contributed by atoms with Gasteiger partial charge < -0.3 is 4.42 Å². The van der Waals surface area contributed by atoms with Gasteiger partial charge in [-0.25, -0.2) is 16.8 Å². The third-order valence-electron chi connectivity index (χ3n) is 4.40. The third-order valence-corrected chi connectivity index (χ3v) is 8.21. The summed E-state index contributed by atoms with van der Waals surface area (Å²) in [5.41, 5.74) is 0.489. The van der Waals surface area contributed by atoms with Crippen molar-refractivity contribution in [2.24, 2.45) is 5.92 Å². The summed E-state index contributed by atoms with van der Waals surface area (Å²) in [4.78, 5) is 3.97. The van der Waals surface area contributed by atoms with Crippen LogP contribution in [0.15, 0.2) is 74.0 Å². The van der Waals surface area contributed by atoms with Crippen molar-refractivity contribution >= 4 is 31.3 Å². The first-order valence-electron chi connectivity index (χ1n) is 8.57. The molecule has 0 unspecified atom stereocenters. The molecule has 146 valence electrons. The van der Waals surface area contributed by atoms with Crippen LogP contribution < -0.4 is 0 Å². The summed E-state index contributed by atoms with van der Waals surface area (Å²) < 4.78 is 57.5. The van der Waals surface area contributed by atoms with E-state index in [9.17, 15) is 16.8 Å². The highest BCUT2D eigenvalue weighted by Gasteiger charge is 2.38. The fraction of sp³-hybridized carbons (Fsp3) is 0.211. The van der Waals surface area contributed by atoms with E-state index >= 15 is 0 Å². The standard InChI is InChI=1S/C19H16ClNO5S2/c20-15-8-10-16(11-9-15)28(24,25)18-19(27(22,23)12-13-6-7-13)26-17(21-18)14-4-2-1-3-5-14/h1-5,8-11,13H,6-7,12H2. The van der Waals surface area contributed by atoms with E-state index in [-0.39, 0.29) is 22.5 Å². The zero-order valence-corrected chi connectivity index (χ0v) is 17.0. The van der Waals surface area contributed by atoms with Gasteiger partial charge in [-0.1, -0.05) is 29.8 Å². The van der Waals surface area contributed by atoms with Crippen molar-refractivity contribution in [2.45, 2.75) is 27.9 Å². The van der Waals surface area contributed by atoms with Gasteiger partial charge in [-0.2, -0.15) is 4.98 Å². The van der Waals surface area contributed by atoms with Crippen LogP contribution in [-0.2, 0) is 19.7 Å². The van der Waals surface area contributed by atoms with E-state index in [0.29, 0.717) is 10.6 Å². The van der Waals surface area contributed by atoms with Gasteiger partial charge in [-0.3, -0.25) is 0 Å². The molecule has 0 amide bonds. The zero-order valence-electron chi connectivity index (χ0n) is 14.6. The number of nitrogens with zero attached hydrogens (tertiary/aromatic N) is 1. The first-order chi connectivity index (χ1) is 13.3.